The maximum absolute atomic E-state index is 12.6. The van der Waals surface area contributed by atoms with Gasteiger partial charge in [-0.15, -0.1) is 0 Å². The minimum Gasteiger partial charge on any atom is -0.508 e. The van der Waals surface area contributed by atoms with Crippen molar-refractivity contribution in [2.45, 2.75) is 31.7 Å². The van der Waals surface area contributed by atoms with E-state index >= 15 is 0 Å². The summed E-state index contributed by atoms with van der Waals surface area (Å²) >= 11 is 6.13. The van der Waals surface area contributed by atoms with Crippen molar-refractivity contribution >= 4 is 17.5 Å². The number of phenolic OH excluding ortho intramolecular Hbond substituents is 1. The Kier molecular flexibility index (Phi) is 3.98. The number of benzene rings is 1. The zero-order valence-corrected chi connectivity index (χ0v) is 14.0. The van der Waals surface area contributed by atoms with E-state index in [0.717, 1.165) is 18.7 Å². The number of hydrogen-bond donors (Lipinski definition) is 1. The van der Waals surface area contributed by atoms with Crippen molar-refractivity contribution in [3.63, 3.8) is 0 Å². The number of fused-ring (bicyclic) bond motifs is 3. The summed E-state index contributed by atoms with van der Waals surface area (Å²) in [5, 5.41) is 9.89. The first-order valence-corrected chi connectivity index (χ1v) is 8.99. The van der Waals surface area contributed by atoms with Crippen LogP contribution in [0.15, 0.2) is 18.2 Å². The molecule has 0 saturated carbocycles. The standard InChI is InChI=1S/C18H23ClN2O2/c19-16-8-14(22)5-4-12(16)7-18(23)21-10-13-9-20-6-2-1-3-17(20)15(13)11-21/h4-5,8,13,15,17,22H,1-3,6-7,9-11H2/t13-,15+,17+/m0/s1. The number of carbonyl (C=O) groups excluding carboxylic acids is 1. The van der Waals surface area contributed by atoms with Crippen LogP contribution in [-0.4, -0.2) is 53.0 Å². The van der Waals surface area contributed by atoms with E-state index < -0.39 is 0 Å². The lowest BCUT2D eigenvalue weighted by molar-refractivity contribution is -0.129. The largest absolute Gasteiger partial charge is 0.508 e. The first-order chi connectivity index (χ1) is 11.1. The molecule has 3 aliphatic heterocycles. The zero-order valence-electron chi connectivity index (χ0n) is 13.2. The highest BCUT2D eigenvalue weighted by atomic mass is 35.5. The Morgan fingerprint density at radius 3 is 2.96 bits per heavy atom. The average molecular weight is 335 g/mol. The molecule has 0 aromatic heterocycles. The summed E-state index contributed by atoms with van der Waals surface area (Å²) < 4.78 is 0. The number of hydrogen-bond acceptors (Lipinski definition) is 3. The highest BCUT2D eigenvalue weighted by molar-refractivity contribution is 6.31. The topological polar surface area (TPSA) is 43.8 Å². The Labute approximate surface area is 142 Å². The van der Waals surface area contributed by atoms with Crippen LogP contribution in [0.1, 0.15) is 24.8 Å². The minimum absolute atomic E-state index is 0.138. The molecular weight excluding hydrogens is 312 g/mol. The maximum atomic E-state index is 12.6. The van der Waals surface area contributed by atoms with Crippen molar-refractivity contribution < 1.29 is 9.90 Å². The van der Waals surface area contributed by atoms with E-state index in [0.29, 0.717) is 29.3 Å². The third-order valence-electron chi connectivity index (χ3n) is 5.85. The third-order valence-corrected chi connectivity index (χ3v) is 6.20. The zero-order chi connectivity index (χ0) is 16.0. The van der Waals surface area contributed by atoms with Crippen LogP contribution in [0, 0.1) is 11.8 Å². The number of phenols is 1. The van der Waals surface area contributed by atoms with E-state index in [9.17, 15) is 9.90 Å². The van der Waals surface area contributed by atoms with Crippen molar-refractivity contribution in [3.05, 3.63) is 28.8 Å². The van der Waals surface area contributed by atoms with Crippen LogP contribution in [-0.2, 0) is 11.2 Å². The summed E-state index contributed by atoms with van der Waals surface area (Å²) in [6, 6.07) is 5.54. The number of amides is 1. The molecule has 3 heterocycles. The van der Waals surface area contributed by atoms with E-state index in [1.165, 1.54) is 38.4 Å². The number of halogens is 1. The lowest BCUT2D eigenvalue weighted by Gasteiger charge is -2.33. The van der Waals surface area contributed by atoms with Gasteiger partial charge in [-0.25, -0.2) is 0 Å². The lowest BCUT2D eigenvalue weighted by atomic mass is 9.90. The van der Waals surface area contributed by atoms with Gasteiger partial charge in [-0.3, -0.25) is 9.69 Å². The molecule has 23 heavy (non-hydrogen) atoms. The monoisotopic (exact) mass is 334 g/mol. The molecule has 5 heteroatoms. The maximum Gasteiger partial charge on any atom is 0.227 e. The molecule has 1 N–H and O–H groups in total. The minimum atomic E-state index is 0.138. The summed E-state index contributed by atoms with van der Waals surface area (Å²) in [6.45, 7) is 4.21. The van der Waals surface area contributed by atoms with Gasteiger partial charge in [0.25, 0.3) is 0 Å². The second kappa shape index (κ2) is 5.99. The van der Waals surface area contributed by atoms with Crippen molar-refractivity contribution in [2.24, 2.45) is 11.8 Å². The lowest BCUT2D eigenvalue weighted by Crippen LogP contribution is -2.41. The van der Waals surface area contributed by atoms with E-state index in [2.05, 4.69) is 4.90 Å². The second-order valence-electron chi connectivity index (χ2n) is 7.23. The van der Waals surface area contributed by atoms with Crippen LogP contribution in [0.5, 0.6) is 5.75 Å². The molecule has 0 aliphatic carbocycles. The Morgan fingerprint density at radius 1 is 1.26 bits per heavy atom. The molecule has 0 unspecified atom stereocenters. The van der Waals surface area contributed by atoms with Crippen LogP contribution in [0.3, 0.4) is 0 Å². The molecule has 1 amide bonds. The van der Waals surface area contributed by atoms with Gasteiger partial charge in [0.2, 0.25) is 5.91 Å². The molecule has 4 nitrogen and oxygen atoms in total. The summed E-state index contributed by atoms with van der Waals surface area (Å²) in [6.07, 6.45) is 4.29. The highest BCUT2D eigenvalue weighted by Gasteiger charge is 2.48. The SMILES string of the molecule is O=C(Cc1ccc(O)cc1Cl)N1C[C@@H]2CN3CCCC[C@@H]3[C@@H]2C1. The Morgan fingerprint density at radius 2 is 2.13 bits per heavy atom. The fourth-order valence-corrected chi connectivity index (χ4v) is 4.95. The van der Waals surface area contributed by atoms with Crippen molar-refractivity contribution in [2.75, 3.05) is 26.2 Å². The predicted molar refractivity (Wildman–Crippen MR) is 89.6 cm³/mol. The summed E-state index contributed by atoms with van der Waals surface area (Å²) in [5.74, 6) is 1.61. The first-order valence-electron chi connectivity index (χ1n) is 8.61. The number of nitrogens with zero attached hydrogens (tertiary/aromatic N) is 2. The molecular formula is C18H23ClN2O2. The molecule has 124 valence electrons. The predicted octanol–water partition coefficient (Wildman–Crippen LogP) is 2.53. The van der Waals surface area contributed by atoms with E-state index in [-0.39, 0.29) is 11.7 Å². The van der Waals surface area contributed by atoms with Crippen molar-refractivity contribution in [3.8, 4) is 5.75 Å². The first kappa shape index (κ1) is 15.3. The van der Waals surface area contributed by atoms with E-state index in [4.69, 9.17) is 11.6 Å². The van der Waals surface area contributed by atoms with E-state index in [1.807, 2.05) is 4.90 Å². The molecule has 0 bridgehead atoms. The molecule has 3 fully saturated rings. The van der Waals surface area contributed by atoms with Crippen molar-refractivity contribution in [1.82, 2.24) is 9.80 Å². The summed E-state index contributed by atoms with van der Waals surface area (Å²) in [7, 11) is 0. The van der Waals surface area contributed by atoms with Gasteiger partial charge in [0, 0.05) is 30.7 Å². The molecule has 0 spiro atoms. The Balaban J connectivity index is 1.41. The molecule has 1 aromatic rings. The Bertz CT molecular complexity index is 621. The van der Waals surface area contributed by atoms with Crippen LogP contribution in [0.4, 0.5) is 0 Å². The van der Waals surface area contributed by atoms with Crippen LogP contribution in [0.2, 0.25) is 5.02 Å². The van der Waals surface area contributed by atoms with Gasteiger partial charge < -0.3 is 10.0 Å². The molecule has 3 saturated heterocycles. The number of likely N-dealkylation sites (tertiary alicyclic amines) is 1. The molecule has 3 atom stereocenters. The van der Waals surface area contributed by atoms with Gasteiger partial charge in [0.1, 0.15) is 5.75 Å². The van der Waals surface area contributed by atoms with Gasteiger partial charge in [-0.2, -0.15) is 0 Å². The normalized spacial score (nSPS) is 30.3. The van der Waals surface area contributed by atoms with Crippen LogP contribution in [0.25, 0.3) is 0 Å². The fourth-order valence-electron chi connectivity index (χ4n) is 4.71. The van der Waals surface area contributed by atoms with Gasteiger partial charge in [-0.1, -0.05) is 24.1 Å². The van der Waals surface area contributed by atoms with Crippen molar-refractivity contribution in [1.29, 1.82) is 0 Å². The van der Waals surface area contributed by atoms with Crippen LogP contribution >= 0.6 is 11.6 Å². The smallest absolute Gasteiger partial charge is 0.227 e. The highest BCUT2D eigenvalue weighted by Crippen LogP contribution is 2.40. The third kappa shape index (κ3) is 2.83. The number of aromatic hydroxyl groups is 1. The number of carbonyl (C=O) groups is 1. The van der Waals surface area contributed by atoms with Gasteiger partial charge in [-0.05, 0) is 48.9 Å². The average Bonchev–Trinajstić information content (AvgIpc) is 3.07. The molecule has 1 aromatic carbocycles. The van der Waals surface area contributed by atoms with E-state index in [1.54, 1.807) is 12.1 Å². The van der Waals surface area contributed by atoms with Gasteiger partial charge in [0.15, 0.2) is 0 Å². The summed E-state index contributed by atoms with van der Waals surface area (Å²) in [5.41, 5.74) is 0.797. The fraction of sp³-hybridized carbons (Fsp3) is 0.611. The Hall–Kier alpha value is -1.26. The molecule has 4 rings (SSSR count). The second-order valence-corrected chi connectivity index (χ2v) is 7.64. The summed E-state index contributed by atoms with van der Waals surface area (Å²) in [4.78, 5) is 17.3. The molecule has 0 radical (unpaired) electrons. The van der Waals surface area contributed by atoms with Gasteiger partial charge >= 0.3 is 0 Å². The molecule has 3 aliphatic rings. The number of piperidine rings is 1. The van der Waals surface area contributed by atoms with Gasteiger partial charge in [0.05, 0.1) is 6.42 Å². The quantitative estimate of drug-likeness (QED) is 0.904. The number of rotatable bonds is 2. The van der Waals surface area contributed by atoms with Crippen LogP contribution < -0.4 is 0 Å².